The van der Waals surface area contributed by atoms with Gasteiger partial charge in [-0.25, -0.2) is 0 Å². The standard InChI is InChI=1S/C12H26N2O/c1-4-14(3)12(15)10-8-6-5-7-9-11-13-2/h13H,4-11H2,1-3H3. The molecule has 0 saturated carbocycles. The second-order valence-electron chi connectivity index (χ2n) is 4.03. The number of nitrogens with one attached hydrogen (secondary N) is 1. The van der Waals surface area contributed by atoms with Crippen molar-refractivity contribution < 1.29 is 4.79 Å². The predicted molar refractivity (Wildman–Crippen MR) is 64.9 cm³/mol. The number of hydrogen-bond acceptors (Lipinski definition) is 2. The molecule has 0 spiro atoms. The van der Waals surface area contributed by atoms with Gasteiger partial charge in [0.25, 0.3) is 0 Å². The third-order valence-electron chi connectivity index (χ3n) is 2.72. The molecule has 0 rings (SSSR count). The van der Waals surface area contributed by atoms with E-state index in [1.807, 2.05) is 21.0 Å². The van der Waals surface area contributed by atoms with Gasteiger partial charge >= 0.3 is 0 Å². The van der Waals surface area contributed by atoms with Crippen LogP contribution < -0.4 is 5.32 Å². The van der Waals surface area contributed by atoms with Crippen molar-refractivity contribution in [3.05, 3.63) is 0 Å². The predicted octanol–water partition coefficient (Wildman–Crippen LogP) is 2.02. The molecule has 0 aliphatic rings. The zero-order valence-corrected chi connectivity index (χ0v) is 10.5. The first-order valence-corrected chi connectivity index (χ1v) is 6.11. The molecule has 0 aromatic carbocycles. The third kappa shape index (κ3) is 8.43. The first-order chi connectivity index (χ1) is 7.22. The molecule has 0 bridgehead atoms. The Morgan fingerprint density at radius 3 is 2.33 bits per heavy atom. The van der Waals surface area contributed by atoms with Crippen LogP contribution in [0.3, 0.4) is 0 Å². The van der Waals surface area contributed by atoms with E-state index in [2.05, 4.69) is 5.32 Å². The van der Waals surface area contributed by atoms with Gasteiger partial charge in [0.2, 0.25) is 5.91 Å². The molecular weight excluding hydrogens is 188 g/mol. The van der Waals surface area contributed by atoms with Gasteiger partial charge in [-0.2, -0.15) is 0 Å². The minimum absolute atomic E-state index is 0.285. The summed E-state index contributed by atoms with van der Waals surface area (Å²) in [6.07, 6.45) is 6.73. The second-order valence-corrected chi connectivity index (χ2v) is 4.03. The van der Waals surface area contributed by atoms with Crippen molar-refractivity contribution in [2.45, 2.75) is 45.4 Å². The quantitative estimate of drug-likeness (QED) is 0.596. The molecule has 15 heavy (non-hydrogen) atoms. The molecule has 3 nitrogen and oxygen atoms in total. The highest BCUT2D eigenvalue weighted by atomic mass is 16.2. The van der Waals surface area contributed by atoms with Crippen molar-refractivity contribution >= 4 is 5.91 Å². The molecule has 1 amide bonds. The summed E-state index contributed by atoms with van der Waals surface area (Å²) in [6, 6.07) is 0. The number of hydrogen-bond donors (Lipinski definition) is 1. The lowest BCUT2D eigenvalue weighted by Crippen LogP contribution is -2.25. The summed E-state index contributed by atoms with van der Waals surface area (Å²) in [6.45, 7) is 3.94. The summed E-state index contributed by atoms with van der Waals surface area (Å²) in [5.74, 6) is 0.285. The van der Waals surface area contributed by atoms with Crippen molar-refractivity contribution in [2.24, 2.45) is 0 Å². The summed E-state index contributed by atoms with van der Waals surface area (Å²) in [4.78, 5) is 13.2. The van der Waals surface area contributed by atoms with Gasteiger partial charge in [0.1, 0.15) is 0 Å². The van der Waals surface area contributed by atoms with Crippen LogP contribution in [0.5, 0.6) is 0 Å². The minimum atomic E-state index is 0.285. The van der Waals surface area contributed by atoms with Gasteiger partial charge in [-0.3, -0.25) is 4.79 Å². The Morgan fingerprint density at radius 2 is 1.73 bits per heavy atom. The van der Waals surface area contributed by atoms with E-state index in [-0.39, 0.29) is 5.91 Å². The van der Waals surface area contributed by atoms with E-state index in [1.165, 1.54) is 25.7 Å². The lowest BCUT2D eigenvalue weighted by atomic mass is 10.1. The zero-order valence-electron chi connectivity index (χ0n) is 10.5. The summed E-state index contributed by atoms with van der Waals surface area (Å²) in [5.41, 5.74) is 0. The van der Waals surface area contributed by atoms with Crippen LogP contribution >= 0.6 is 0 Å². The average Bonchev–Trinajstić information content (AvgIpc) is 2.26. The molecule has 0 aliphatic carbocycles. The lowest BCUT2D eigenvalue weighted by Gasteiger charge is -2.13. The molecule has 0 aliphatic heterocycles. The topological polar surface area (TPSA) is 32.3 Å². The zero-order chi connectivity index (χ0) is 11.5. The first kappa shape index (κ1) is 14.4. The highest BCUT2D eigenvalue weighted by molar-refractivity contribution is 5.75. The van der Waals surface area contributed by atoms with Gasteiger partial charge in [0.05, 0.1) is 0 Å². The van der Waals surface area contributed by atoms with Crippen LogP contribution in [0.2, 0.25) is 0 Å². The van der Waals surface area contributed by atoms with Gasteiger partial charge in [-0.15, -0.1) is 0 Å². The Labute approximate surface area is 94.2 Å². The smallest absolute Gasteiger partial charge is 0.222 e. The van der Waals surface area contributed by atoms with E-state index in [9.17, 15) is 4.79 Å². The maximum Gasteiger partial charge on any atom is 0.222 e. The van der Waals surface area contributed by atoms with Gasteiger partial charge in [-0.05, 0) is 33.4 Å². The maximum absolute atomic E-state index is 11.4. The highest BCUT2D eigenvalue weighted by Gasteiger charge is 2.04. The monoisotopic (exact) mass is 214 g/mol. The molecule has 3 heteroatoms. The number of rotatable bonds is 9. The number of nitrogens with zero attached hydrogens (tertiary/aromatic N) is 1. The summed E-state index contributed by atoms with van der Waals surface area (Å²) in [5, 5.41) is 3.14. The van der Waals surface area contributed by atoms with Crippen LogP contribution in [0, 0.1) is 0 Å². The highest BCUT2D eigenvalue weighted by Crippen LogP contribution is 2.06. The number of unbranched alkanes of at least 4 members (excludes halogenated alkanes) is 4. The van der Waals surface area contributed by atoms with Crippen molar-refractivity contribution in [1.29, 1.82) is 0 Å². The maximum atomic E-state index is 11.4. The number of carbonyl (C=O) groups excluding carboxylic acids is 1. The Balaban J connectivity index is 3.20. The summed E-state index contributed by atoms with van der Waals surface area (Å²) in [7, 11) is 3.86. The van der Waals surface area contributed by atoms with Crippen LogP contribution in [0.4, 0.5) is 0 Å². The van der Waals surface area contributed by atoms with Crippen LogP contribution in [0.15, 0.2) is 0 Å². The second kappa shape index (κ2) is 9.97. The molecule has 0 saturated heterocycles. The van der Waals surface area contributed by atoms with Crippen LogP contribution in [0.25, 0.3) is 0 Å². The van der Waals surface area contributed by atoms with Crippen LogP contribution in [-0.2, 0) is 4.79 Å². The molecule has 0 radical (unpaired) electrons. The fourth-order valence-electron chi connectivity index (χ4n) is 1.48. The van der Waals surface area contributed by atoms with Crippen molar-refractivity contribution in [2.75, 3.05) is 27.2 Å². The molecular formula is C12H26N2O. The molecule has 0 atom stereocenters. The average molecular weight is 214 g/mol. The van der Waals surface area contributed by atoms with E-state index < -0.39 is 0 Å². The molecule has 0 aromatic rings. The van der Waals surface area contributed by atoms with Gasteiger partial charge < -0.3 is 10.2 Å². The third-order valence-corrected chi connectivity index (χ3v) is 2.72. The Kier molecular flexibility index (Phi) is 9.59. The van der Waals surface area contributed by atoms with Crippen LogP contribution in [-0.4, -0.2) is 38.0 Å². The van der Waals surface area contributed by atoms with E-state index >= 15 is 0 Å². The van der Waals surface area contributed by atoms with Crippen LogP contribution in [0.1, 0.15) is 45.4 Å². The lowest BCUT2D eigenvalue weighted by molar-refractivity contribution is -0.129. The molecule has 0 unspecified atom stereocenters. The largest absolute Gasteiger partial charge is 0.346 e. The molecule has 0 fully saturated rings. The van der Waals surface area contributed by atoms with Gasteiger partial charge in [0, 0.05) is 20.0 Å². The Morgan fingerprint density at radius 1 is 1.13 bits per heavy atom. The SMILES string of the molecule is CCN(C)C(=O)CCCCCCCNC. The molecule has 0 heterocycles. The molecule has 90 valence electrons. The van der Waals surface area contributed by atoms with Crippen molar-refractivity contribution in [1.82, 2.24) is 10.2 Å². The van der Waals surface area contributed by atoms with Gasteiger partial charge in [0.15, 0.2) is 0 Å². The molecule has 1 N–H and O–H groups in total. The Bertz CT molecular complexity index is 160. The van der Waals surface area contributed by atoms with E-state index in [1.54, 1.807) is 4.90 Å². The summed E-state index contributed by atoms with van der Waals surface area (Å²) >= 11 is 0. The van der Waals surface area contributed by atoms with E-state index in [0.29, 0.717) is 0 Å². The fourth-order valence-corrected chi connectivity index (χ4v) is 1.48. The Hall–Kier alpha value is -0.570. The number of carbonyl (C=O) groups is 1. The van der Waals surface area contributed by atoms with Gasteiger partial charge in [-0.1, -0.05) is 19.3 Å². The van der Waals surface area contributed by atoms with E-state index in [4.69, 9.17) is 0 Å². The van der Waals surface area contributed by atoms with E-state index in [0.717, 1.165) is 25.9 Å². The minimum Gasteiger partial charge on any atom is -0.346 e. The normalized spacial score (nSPS) is 10.3. The number of amides is 1. The van der Waals surface area contributed by atoms with Crippen molar-refractivity contribution in [3.8, 4) is 0 Å². The first-order valence-electron chi connectivity index (χ1n) is 6.11. The summed E-state index contributed by atoms with van der Waals surface area (Å²) < 4.78 is 0. The van der Waals surface area contributed by atoms with Crippen molar-refractivity contribution in [3.63, 3.8) is 0 Å². The molecule has 0 aromatic heterocycles. The fraction of sp³-hybridized carbons (Fsp3) is 0.917.